The highest BCUT2D eigenvalue weighted by molar-refractivity contribution is 6.42. The molecule has 3 aromatic rings. The number of nitrogens with zero attached hydrogens (tertiary/aromatic N) is 4. The molecule has 0 saturated carbocycles. The number of hydrogen-bond donors (Lipinski definition) is 0. The van der Waals surface area contributed by atoms with Crippen LogP contribution in [0.15, 0.2) is 42.7 Å². The smallest absolute Gasteiger partial charge is 0.309 e. The molecule has 0 unspecified atom stereocenters. The molecule has 134 valence electrons. The van der Waals surface area contributed by atoms with Gasteiger partial charge in [0.1, 0.15) is 0 Å². The first kappa shape index (κ1) is 19.0. The van der Waals surface area contributed by atoms with E-state index in [0.717, 1.165) is 36.6 Å². The molecular formula is C18H15BrCl2N4O. The third-order valence-corrected chi connectivity index (χ3v) is 5.08. The molecule has 0 aliphatic carbocycles. The minimum Gasteiger partial charge on any atom is -1.00 e. The van der Waals surface area contributed by atoms with Gasteiger partial charge in [-0.15, -0.1) is 4.68 Å². The molecule has 26 heavy (non-hydrogen) atoms. The van der Waals surface area contributed by atoms with Crippen molar-refractivity contribution in [1.82, 2.24) is 14.8 Å². The highest BCUT2D eigenvalue weighted by Crippen LogP contribution is 2.23. The first-order valence-corrected chi connectivity index (χ1v) is 8.77. The lowest BCUT2D eigenvalue weighted by atomic mass is 10.1. The van der Waals surface area contributed by atoms with Crippen molar-refractivity contribution in [3.8, 4) is 11.4 Å². The van der Waals surface area contributed by atoms with E-state index in [2.05, 4.69) is 14.6 Å². The van der Waals surface area contributed by atoms with E-state index in [1.165, 1.54) is 0 Å². The van der Waals surface area contributed by atoms with Gasteiger partial charge in [-0.05, 0) is 36.8 Å². The zero-order chi connectivity index (χ0) is 17.4. The number of pyridine rings is 1. The van der Waals surface area contributed by atoms with E-state index < -0.39 is 0 Å². The molecule has 8 heteroatoms. The molecule has 0 bridgehead atoms. The van der Waals surface area contributed by atoms with Gasteiger partial charge in [0.05, 0.1) is 22.2 Å². The quantitative estimate of drug-likeness (QED) is 0.423. The lowest BCUT2D eigenvalue weighted by molar-refractivity contribution is -0.680. The summed E-state index contributed by atoms with van der Waals surface area (Å²) in [6.07, 6.45) is 5.46. The van der Waals surface area contributed by atoms with Crippen molar-refractivity contribution < 1.29 is 26.3 Å². The number of carbonyl (C=O) groups excluding carboxylic acids is 1. The minimum atomic E-state index is -0.0438. The molecule has 0 radical (unpaired) electrons. The summed E-state index contributed by atoms with van der Waals surface area (Å²) in [4.78, 5) is 16.7. The summed E-state index contributed by atoms with van der Waals surface area (Å²) in [5, 5.41) is 5.50. The van der Waals surface area contributed by atoms with Crippen LogP contribution >= 0.6 is 23.2 Å². The molecule has 3 heterocycles. The highest BCUT2D eigenvalue weighted by atomic mass is 79.9. The molecule has 2 aromatic heterocycles. The summed E-state index contributed by atoms with van der Waals surface area (Å²) in [5.74, 6) is 1.90. The standard InChI is InChI=1S/C18H15Cl2N4O.BrH/c19-14-4-3-13(10-15(14)20)16(25)11-24-17-2-1-9-23(17)18(22-24)12-5-7-21-8-6-12;/h3-8,10H,1-2,9,11H2;1H/q+1;/p-1. The molecule has 0 saturated heterocycles. The number of hydrogen-bond acceptors (Lipinski definition) is 3. The molecule has 0 fully saturated rings. The average molecular weight is 454 g/mol. The Bertz CT molecular complexity index is 959. The van der Waals surface area contributed by atoms with Crippen molar-refractivity contribution in [2.75, 3.05) is 0 Å². The van der Waals surface area contributed by atoms with Crippen LogP contribution in [0.4, 0.5) is 0 Å². The maximum atomic E-state index is 12.6. The van der Waals surface area contributed by atoms with E-state index in [1.54, 1.807) is 35.3 Å². The number of ketones is 1. The summed E-state index contributed by atoms with van der Waals surface area (Å²) < 4.78 is 3.98. The second-order valence-electron chi connectivity index (χ2n) is 5.94. The van der Waals surface area contributed by atoms with Crippen LogP contribution in [0.5, 0.6) is 0 Å². The first-order chi connectivity index (χ1) is 12.1. The van der Waals surface area contributed by atoms with E-state index in [9.17, 15) is 4.79 Å². The number of fused-ring (bicyclic) bond motifs is 1. The fourth-order valence-corrected chi connectivity index (χ4v) is 3.42. The Labute approximate surface area is 171 Å². The van der Waals surface area contributed by atoms with Crippen molar-refractivity contribution >= 4 is 29.0 Å². The van der Waals surface area contributed by atoms with Crippen molar-refractivity contribution in [1.29, 1.82) is 0 Å². The summed E-state index contributed by atoms with van der Waals surface area (Å²) >= 11 is 11.9. The molecular weight excluding hydrogens is 439 g/mol. The fourth-order valence-electron chi connectivity index (χ4n) is 3.12. The Morgan fingerprint density at radius 3 is 2.65 bits per heavy atom. The summed E-state index contributed by atoms with van der Waals surface area (Å²) in [5.41, 5.74) is 1.53. The lowest BCUT2D eigenvalue weighted by Gasteiger charge is -2.01. The fraction of sp³-hybridized carbons (Fsp3) is 0.222. The van der Waals surface area contributed by atoms with E-state index in [-0.39, 0.29) is 29.3 Å². The molecule has 1 aromatic carbocycles. The Morgan fingerprint density at radius 1 is 1.15 bits per heavy atom. The zero-order valence-corrected chi connectivity index (χ0v) is 16.8. The molecule has 4 rings (SSSR count). The topological polar surface area (TPSA) is 51.7 Å². The van der Waals surface area contributed by atoms with Crippen LogP contribution in [0, 0.1) is 0 Å². The number of rotatable bonds is 4. The molecule has 0 atom stereocenters. The SMILES string of the molecule is O=C(Cn1nc(-c2ccncc2)[n+]2c1CCC2)c1ccc(Cl)c(Cl)c1.[Br-]. The molecule has 0 spiro atoms. The van der Waals surface area contributed by atoms with Crippen molar-refractivity contribution in [3.05, 3.63) is 64.2 Å². The Hall–Kier alpha value is -1.76. The van der Waals surface area contributed by atoms with Gasteiger partial charge in [-0.25, -0.2) is 4.57 Å². The zero-order valence-electron chi connectivity index (χ0n) is 13.7. The number of aromatic nitrogens is 4. The summed E-state index contributed by atoms with van der Waals surface area (Å²) in [6.45, 7) is 1.09. The Kier molecular flexibility index (Phi) is 5.75. The van der Waals surface area contributed by atoms with Crippen LogP contribution < -0.4 is 21.5 Å². The van der Waals surface area contributed by atoms with E-state index in [0.29, 0.717) is 15.6 Å². The highest BCUT2D eigenvalue weighted by Gasteiger charge is 2.31. The van der Waals surface area contributed by atoms with Gasteiger partial charge in [0.2, 0.25) is 5.82 Å². The predicted octanol–water partition coefficient (Wildman–Crippen LogP) is 0.373. The Balaban J connectivity index is 0.00000196. The maximum Gasteiger partial charge on any atom is 0.309 e. The van der Waals surface area contributed by atoms with Crippen molar-refractivity contribution in [2.24, 2.45) is 0 Å². The number of halogens is 3. The minimum absolute atomic E-state index is 0. The monoisotopic (exact) mass is 452 g/mol. The predicted molar refractivity (Wildman–Crippen MR) is 94.8 cm³/mol. The van der Waals surface area contributed by atoms with Crippen LogP contribution in [-0.2, 0) is 19.5 Å². The van der Waals surface area contributed by atoms with Gasteiger partial charge >= 0.3 is 5.82 Å². The van der Waals surface area contributed by atoms with Gasteiger partial charge in [-0.3, -0.25) is 9.78 Å². The molecule has 0 amide bonds. The van der Waals surface area contributed by atoms with Crippen molar-refractivity contribution in [2.45, 2.75) is 25.9 Å². The van der Waals surface area contributed by atoms with Crippen molar-refractivity contribution in [3.63, 3.8) is 0 Å². The first-order valence-electron chi connectivity index (χ1n) is 8.01. The van der Waals surface area contributed by atoms with Gasteiger partial charge in [-0.2, -0.15) is 0 Å². The summed E-state index contributed by atoms with van der Waals surface area (Å²) in [6, 6.07) is 8.80. The molecule has 1 aliphatic rings. The van der Waals surface area contributed by atoms with E-state index >= 15 is 0 Å². The molecule has 0 N–H and O–H groups in total. The lowest BCUT2D eigenvalue weighted by Crippen LogP contribution is -3.00. The number of benzene rings is 1. The van der Waals surface area contributed by atoms with Crippen LogP contribution in [0.3, 0.4) is 0 Å². The maximum absolute atomic E-state index is 12.6. The van der Waals surface area contributed by atoms with Crippen LogP contribution in [0.1, 0.15) is 22.6 Å². The van der Waals surface area contributed by atoms with Gasteiger partial charge in [0.15, 0.2) is 12.3 Å². The van der Waals surface area contributed by atoms with Gasteiger partial charge in [0, 0.05) is 29.5 Å². The van der Waals surface area contributed by atoms with Crippen LogP contribution in [0.2, 0.25) is 10.0 Å². The number of carbonyl (C=O) groups is 1. The van der Waals surface area contributed by atoms with Crippen LogP contribution in [0.25, 0.3) is 11.4 Å². The second kappa shape index (κ2) is 7.86. The molecule has 5 nitrogen and oxygen atoms in total. The molecule has 1 aliphatic heterocycles. The largest absolute Gasteiger partial charge is 1.00 e. The normalized spacial score (nSPS) is 12.5. The van der Waals surface area contributed by atoms with Gasteiger partial charge in [0.25, 0.3) is 0 Å². The number of Topliss-reactive ketones (excluding diaryl/α,β-unsaturated/α-hetero) is 1. The third kappa shape index (κ3) is 3.54. The van der Waals surface area contributed by atoms with Gasteiger partial charge < -0.3 is 17.0 Å². The third-order valence-electron chi connectivity index (χ3n) is 4.34. The average Bonchev–Trinajstić information content (AvgIpc) is 3.22. The van der Waals surface area contributed by atoms with Gasteiger partial charge in [-0.1, -0.05) is 23.2 Å². The summed E-state index contributed by atoms with van der Waals surface area (Å²) in [7, 11) is 0. The van der Waals surface area contributed by atoms with E-state index in [4.69, 9.17) is 23.2 Å². The Morgan fingerprint density at radius 2 is 1.92 bits per heavy atom. The van der Waals surface area contributed by atoms with Crippen LogP contribution in [-0.4, -0.2) is 20.5 Å². The van der Waals surface area contributed by atoms with E-state index in [1.807, 2.05) is 12.1 Å². The second-order valence-corrected chi connectivity index (χ2v) is 6.76.